The summed E-state index contributed by atoms with van der Waals surface area (Å²) >= 11 is 1.51. The Balaban J connectivity index is 2.44. The molecule has 0 saturated carbocycles. The zero-order valence-corrected chi connectivity index (χ0v) is 26.0. The second-order valence-electron chi connectivity index (χ2n) is 11.5. The molecule has 0 bridgehead atoms. The maximum atomic E-state index is 13.9. The average Bonchev–Trinajstić information content (AvgIpc) is 3.35. The van der Waals surface area contributed by atoms with Crippen LogP contribution in [0.2, 0.25) is 0 Å². The number of esters is 1. The topological polar surface area (TPSA) is 76.5 Å². The molecule has 1 aliphatic heterocycles. The molecule has 1 aliphatic rings. The lowest BCUT2D eigenvalue weighted by Crippen LogP contribution is -2.38. The van der Waals surface area contributed by atoms with Crippen LogP contribution in [0.15, 0.2) is 46.4 Å². The summed E-state index contributed by atoms with van der Waals surface area (Å²) in [6, 6.07) is 0. The van der Waals surface area contributed by atoms with Gasteiger partial charge in [0.2, 0.25) is 0 Å². The van der Waals surface area contributed by atoms with Crippen LogP contribution in [0, 0.1) is 17.3 Å². The predicted octanol–water partition coefficient (Wildman–Crippen LogP) is 8.20. The number of aliphatic hydroxyl groups is 1. The number of cyclic esters (lactones) is 1. The minimum atomic E-state index is -4.58. The summed E-state index contributed by atoms with van der Waals surface area (Å²) in [4.78, 5) is 30.7. The highest BCUT2D eigenvalue weighted by atomic mass is 32.1. The van der Waals surface area contributed by atoms with Gasteiger partial charge in [0.05, 0.1) is 16.8 Å². The van der Waals surface area contributed by atoms with Crippen molar-refractivity contribution in [3.8, 4) is 0 Å². The van der Waals surface area contributed by atoms with E-state index in [1.807, 2.05) is 12.3 Å². The molecule has 0 radical (unpaired) electrons. The Morgan fingerprint density at radius 1 is 1.27 bits per heavy atom. The van der Waals surface area contributed by atoms with Crippen molar-refractivity contribution in [2.45, 2.75) is 105 Å². The smallest absolute Gasteiger partial charge is 0.412 e. The van der Waals surface area contributed by atoms with Crippen LogP contribution in [0.3, 0.4) is 0 Å². The number of hydrogen-bond acceptors (Lipinski definition) is 6. The third kappa shape index (κ3) is 10.4. The molecule has 228 valence electrons. The lowest BCUT2D eigenvalue weighted by molar-refractivity contribution is -0.148. The van der Waals surface area contributed by atoms with Gasteiger partial charge in [-0.25, -0.2) is 4.98 Å². The second-order valence-corrected chi connectivity index (χ2v) is 12.4. The summed E-state index contributed by atoms with van der Waals surface area (Å²) < 4.78 is 47.4. The Morgan fingerprint density at radius 2 is 1.95 bits per heavy atom. The Hall–Kier alpha value is -2.52. The van der Waals surface area contributed by atoms with Gasteiger partial charge in [-0.1, -0.05) is 64.5 Å². The molecule has 0 amide bonds. The first-order valence-electron chi connectivity index (χ1n) is 14.2. The van der Waals surface area contributed by atoms with Gasteiger partial charge in [-0.05, 0) is 44.8 Å². The summed E-state index contributed by atoms with van der Waals surface area (Å²) in [6.45, 7) is 12.5. The van der Waals surface area contributed by atoms with Gasteiger partial charge in [0.1, 0.15) is 11.9 Å². The number of nitrogens with zero attached hydrogens (tertiary/aromatic N) is 1. The molecule has 5 nitrogen and oxygen atoms in total. The number of alkyl halides is 3. The van der Waals surface area contributed by atoms with Gasteiger partial charge < -0.3 is 9.84 Å². The monoisotopic (exact) mass is 595 g/mol. The van der Waals surface area contributed by atoms with E-state index in [9.17, 15) is 27.9 Å². The van der Waals surface area contributed by atoms with E-state index in [4.69, 9.17) is 4.74 Å². The number of halogens is 3. The van der Waals surface area contributed by atoms with Crippen molar-refractivity contribution in [3.63, 3.8) is 0 Å². The highest BCUT2D eigenvalue weighted by Crippen LogP contribution is 2.33. The first-order chi connectivity index (χ1) is 19.1. The number of Topliss-reactive ketones (excluding diaryl/α,β-unsaturated/α-hetero) is 1. The third-order valence-corrected chi connectivity index (χ3v) is 8.64. The number of ether oxygens (including phenoxy) is 1. The molecule has 2 rings (SSSR count). The fourth-order valence-electron chi connectivity index (χ4n) is 4.82. The van der Waals surface area contributed by atoms with Crippen molar-refractivity contribution in [2.75, 3.05) is 0 Å². The van der Waals surface area contributed by atoms with Crippen LogP contribution in [0.5, 0.6) is 0 Å². The second kappa shape index (κ2) is 15.1. The van der Waals surface area contributed by atoms with Gasteiger partial charge in [-0.3, -0.25) is 9.59 Å². The maximum absolute atomic E-state index is 13.9. The molecular weight excluding hydrogens is 551 g/mol. The molecule has 9 heteroatoms. The molecule has 0 saturated heterocycles. The maximum Gasteiger partial charge on any atom is 0.412 e. The third-order valence-electron chi connectivity index (χ3n) is 7.77. The number of allylic oxidation sites excluding steroid dienone is 4. The van der Waals surface area contributed by atoms with Crippen molar-refractivity contribution in [3.05, 3.63) is 57.1 Å². The number of hydrogen-bond donors (Lipinski definition) is 1. The Bertz CT molecular complexity index is 1180. The summed E-state index contributed by atoms with van der Waals surface area (Å²) in [5.41, 5.74) is 0.832. The summed E-state index contributed by atoms with van der Waals surface area (Å²) in [6.07, 6.45) is 2.40. The van der Waals surface area contributed by atoms with E-state index in [-0.39, 0.29) is 25.0 Å². The molecule has 3 unspecified atom stereocenters. The van der Waals surface area contributed by atoms with Crippen LogP contribution in [0.1, 0.15) is 91.3 Å². The Morgan fingerprint density at radius 3 is 2.56 bits per heavy atom. The quantitative estimate of drug-likeness (QED) is 0.274. The largest absolute Gasteiger partial charge is 0.457 e. The molecule has 0 aromatic carbocycles. The van der Waals surface area contributed by atoms with Gasteiger partial charge >= 0.3 is 12.1 Å². The number of thiazole rings is 1. The average molecular weight is 596 g/mol. The van der Waals surface area contributed by atoms with Crippen LogP contribution in [-0.2, 0) is 20.7 Å². The summed E-state index contributed by atoms with van der Waals surface area (Å²) in [5.74, 6) is -2.09. The van der Waals surface area contributed by atoms with Crippen molar-refractivity contribution in [1.29, 1.82) is 0 Å². The van der Waals surface area contributed by atoms with E-state index >= 15 is 0 Å². The van der Waals surface area contributed by atoms with Gasteiger partial charge in [-0.2, -0.15) is 13.2 Å². The number of carbonyl (C=O) groups is 2. The number of carbonyl (C=O) groups excluding carboxylic acids is 2. The first kappa shape index (κ1) is 34.7. The number of rotatable bonds is 5. The number of aliphatic hydroxyl groups excluding tert-OH is 1. The van der Waals surface area contributed by atoms with E-state index in [1.54, 1.807) is 40.7 Å². The lowest BCUT2D eigenvalue weighted by atomic mass is 9.75. The molecule has 41 heavy (non-hydrogen) atoms. The van der Waals surface area contributed by atoms with Crippen molar-refractivity contribution in [1.82, 2.24) is 4.98 Å². The molecule has 0 aliphatic carbocycles. The molecule has 1 aromatic heterocycles. The number of ketones is 1. The standard InChI is InChI=1S/C32H44F3NO4S/c1-8-23(9-2)18-27-36-25(19-41-27)17-21(4)26-14-13-24(32(33,34)35)12-10-11-20(3)29(38)22(5)30(39)31(6,7)16-15-28(37)40-26/h8,10-11,13,17,19-20,22,26,29,38H,9,12,14-16,18H2,1-7H3/b11-10+,21-17+,23-8-,24-13+/t20?,22-,26?,29?/m1/s1. The fourth-order valence-corrected chi connectivity index (χ4v) is 5.63. The Kier molecular flexibility index (Phi) is 12.8. The lowest BCUT2D eigenvalue weighted by Gasteiger charge is -2.30. The highest BCUT2D eigenvalue weighted by Gasteiger charge is 2.37. The van der Waals surface area contributed by atoms with E-state index in [0.29, 0.717) is 11.3 Å². The predicted molar refractivity (Wildman–Crippen MR) is 158 cm³/mol. The van der Waals surface area contributed by atoms with Crippen LogP contribution < -0.4 is 0 Å². The van der Waals surface area contributed by atoms with Gasteiger partial charge in [-0.15, -0.1) is 11.3 Å². The van der Waals surface area contributed by atoms with Crippen LogP contribution in [0.4, 0.5) is 13.2 Å². The number of aromatic nitrogens is 1. The summed E-state index contributed by atoms with van der Waals surface area (Å²) in [7, 11) is 0. The molecule has 2 heterocycles. The molecule has 1 aromatic rings. The van der Waals surface area contributed by atoms with Gasteiger partial charge in [0.15, 0.2) is 0 Å². The van der Waals surface area contributed by atoms with E-state index in [0.717, 1.165) is 23.9 Å². The van der Waals surface area contributed by atoms with E-state index in [2.05, 4.69) is 18.0 Å². The zero-order chi connectivity index (χ0) is 31.0. The normalized spacial score (nSPS) is 28.1. The Labute approximate surface area is 246 Å². The molecular formula is C32H44F3NO4S. The van der Waals surface area contributed by atoms with Crippen molar-refractivity contribution < 1.29 is 32.6 Å². The molecule has 0 fully saturated rings. The van der Waals surface area contributed by atoms with E-state index in [1.165, 1.54) is 29.1 Å². The minimum Gasteiger partial charge on any atom is -0.457 e. The van der Waals surface area contributed by atoms with Crippen LogP contribution >= 0.6 is 11.3 Å². The van der Waals surface area contributed by atoms with E-state index < -0.39 is 53.6 Å². The van der Waals surface area contributed by atoms with Gasteiger partial charge in [0, 0.05) is 47.5 Å². The SMILES string of the molecule is C/C=C(/CC)Cc1nc(/C=C(\C)C2C/C=C(/C(F)(F)F)C/C=C/C(C)C(O)[C@@H](C)C(=O)C(C)(C)CCC(=O)O2)cs1. The summed E-state index contributed by atoms with van der Waals surface area (Å²) in [5, 5.41) is 13.5. The van der Waals surface area contributed by atoms with Crippen molar-refractivity contribution in [2.24, 2.45) is 17.3 Å². The van der Waals surface area contributed by atoms with Crippen LogP contribution in [0.25, 0.3) is 6.08 Å². The minimum absolute atomic E-state index is 0.0827. The van der Waals surface area contributed by atoms with Gasteiger partial charge in [0.25, 0.3) is 0 Å². The van der Waals surface area contributed by atoms with Crippen LogP contribution in [-0.4, -0.2) is 40.2 Å². The molecule has 4 atom stereocenters. The van der Waals surface area contributed by atoms with Crippen molar-refractivity contribution >= 4 is 29.2 Å². The first-order valence-corrected chi connectivity index (χ1v) is 15.1. The molecule has 1 N–H and O–H groups in total. The molecule has 0 spiro atoms. The fraction of sp³-hybridized carbons (Fsp3) is 0.594. The highest BCUT2D eigenvalue weighted by molar-refractivity contribution is 7.09. The zero-order valence-electron chi connectivity index (χ0n) is 25.2.